The number of fused-ring (bicyclic) bond motifs is 1. The van der Waals surface area contributed by atoms with Gasteiger partial charge in [0, 0.05) is 12.7 Å². The van der Waals surface area contributed by atoms with Gasteiger partial charge in [0.05, 0.1) is 11.6 Å². The summed E-state index contributed by atoms with van der Waals surface area (Å²) in [6, 6.07) is 1.42. The van der Waals surface area contributed by atoms with Gasteiger partial charge < -0.3 is 4.74 Å². The molecule has 0 bridgehead atoms. The number of alkyl halides is 1. The summed E-state index contributed by atoms with van der Waals surface area (Å²) in [6.07, 6.45) is 2.01. The van der Waals surface area contributed by atoms with Crippen molar-refractivity contribution in [2.45, 2.75) is 24.8 Å². The van der Waals surface area contributed by atoms with Gasteiger partial charge in [0.25, 0.3) is 5.56 Å². The summed E-state index contributed by atoms with van der Waals surface area (Å²) in [4.78, 5) is 16.6. The molecule has 1 aliphatic rings. The van der Waals surface area contributed by atoms with E-state index in [9.17, 15) is 4.79 Å². The predicted molar refractivity (Wildman–Crippen MR) is 64.6 cm³/mol. The van der Waals surface area contributed by atoms with Crippen molar-refractivity contribution in [2.75, 3.05) is 6.61 Å². The smallest absolute Gasteiger partial charge is 0.275 e. The molecule has 3 rings (SSSR count). The lowest BCUT2D eigenvalue weighted by atomic mass is 10.2. The highest BCUT2D eigenvalue weighted by Gasteiger charge is 2.22. The van der Waals surface area contributed by atoms with Gasteiger partial charge in [-0.05, 0) is 12.8 Å². The van der Waals surface area contributed by atoms with E-state index in [1.165, 1.54) is 21.9 Å². The van der Waals surface area contributed by atoms with E-state index in [1.807, 2.05) is 0 Å². The Labute approximate surface area is 106 Å². The molecule has 0 amide bonds. The maximum absolute atomic E-state index is 11.8. The van der Waals surface area contributed by atoms with Crippen LogP contribution in [0, 0.1) is 0 Å². The monoisotopic (exact) mass is 271 g/mol. The van der Waals surface area contributed by atoms with Gasteiger partial charge in [0.1, 0.15) is 11.1 Å². The molecule has 2 aromatic rings. The fourth-order valence-corrected chi connectivity index (χ4v) is 2.99. The summed E-state index contributed by atoms with van der Waals surface area (Å²) in [5.74, 6) is 0.235. The standard InChI is InChI=1S/C10H10ClN3O2S/c11-5-6-4-8(15)14-10(12-6)17-9(13-14)7-2-1-3-16-7/h4,7H,1-3,5H2. The van der Waals surface area contributed by atoms with Crippen LogP contribution in [0.3, 0.4) is 0 Å². The van der Waals surface area contributed by atoms with Crippen molar-refractivity contribution < 1.29 is 4.74 Å². The van der Waals surface area contributed by atoms with Crippen molar-refractivity contribution in [1.29, 1.82) is 0 Å². The molecule has 7 heteroatoms. The van der Waals surface area contributed by atoms with Crippen molar-refractivity contribution in [1.82, 2.24) is 14.6 Å². The van der Waals surface area contributed by atoms with Crippen LogP contribution >= 0.6 is 22.9 Å². The molecule has 3 heterocycles. The Balaban J connectivity index is 2.11. The van der Waals surface area contributed by atoms with E-state index >= 15 is 0 Å². The minimum atomic E-state index is -0.189. The Morgan fingerprint density at radius 1 is 1.65 bits per heavy atom. The summed E-state index contributed by atoms with van der Waals surface area (Å²) in [7, 11) is 0. The van der Waals surface area contributed by atoms with E-state index in [0.717, 1.165) is 24.5 Å². The highest BCUT2D eigenvalue weighted by molar-refractivity contribution is 7.16. The molecule has 0 radical (unpaired) electrons. The second-order valence-electron chi connectivity index (χ2n) is 3.86. The number of aromatic nitrogens is 3. The number of hydrogen-bond donors (Lipinski definition) is 0. The molecule has 1 fully saturated rings. The van der Waals surface area contributed by atoms with Crippen LogP contribution in [0.25, 0.3) is 4.96 Å². The van der Waals surface area contributed by atoms with Crippen LogP contribution in [0.5, 0.6) is 0 Å². The van der Waals surface area contributed by atoms with E-state index in [0.29, 0.717) is 10.7 Å². The topological polar surface area (TPSA) is 56.5 Å². The lowest BCUT2D eigenvalue weighted by molar-refractivity contribution is 0.111. The number of nitrogens with zero attached hydrogens (tertiary/aromatic N) is 3. The second kappa shape index (κ2) is 4.36. The maximum atomic E-state index is 11.8. The predicted octanol–water partition coefficient (Wildman–Crippen LogP) is 1.74. The van der Waals surface area contributed by atoms with Crippen LogP contribution in [-0.4, -0.2) is 21.2 Å². The van der Waals surface area contributed by atoms with Crippen molar-refractivity contribution in [3.8, 4) is 0 Å². The molecule has 0 N–H and O–H groups in total. The number of rotatable bonds is 2. The van der Waals surface area contributed by atoms with E-state index in [4.69, 9.17) is 16.3 Å². The molecular weight excluding hydrogens is 262 g/mol. The Morgan fingerprint density at radius 2 is 2.53 bits per heavy atom. The normalized spacial score (nSPS) is 20.2. The van der Waals surface area contributed by atoms with Gasteiger partial charge >= 0.3 is 0 Å². The molecule has 5 nitrogen and oxygen atoms in total. The molecule has 1 aliphatic heterocycles. The Kier molecular flexibility index (Phi) is 2.85. The molecule has 1 unspecified atom stereocenters. The first-order valence-electron chi connectivity index (χ1n) is 5.35. The summed E-state index contributed by atoms with van der Waals surface area (Å²) in [6.45, 7) is 0.760. The van der Waals surface area contributed by atoms with Gasteiger partial charge in [-0.15, -0.1) is 11.6 Å². The minimum absolute atomic E-state index is 0.0144. The lowest BCUT2D eigenvalue weighted by Crippen LogP contribution is -2.15. The zero-order valence-electron chi connectivity index (χ0n) is 8.93. The second-order valence-corrected chi connectivity index (χ2v) is 5.11. The summed E-state index contributed by atoms with van der Waals surface area (Å²) in [5, 5.41) is 5.08. The Hall–Kier alpha value is -0.980. The van der Waals surface area contributed by atoms with E-state index in [2.05, 4.69) is 10.1 Å². The van der Waals surface area contributed by atoms with E-state index < -0.39 is 0 Å². The van der Waals surface area contributed by atoms with E-state index in [1.54, 1.807) is 0 Å². The molecule has 1 atom stereocenters. The molecular formula is C10H10ClN3O2S. The average molecular weight is 272 g/mol. The molecule has 0 saturated carbocycles. The number of ether oxygens (including phenoxy) is 1. The molecule has 0 aliphatic carbocycles. The maximum Gasteiger partial charge on any atom is 0.275 e. The van der Waals surface area contributed by atoms with Crippen molar-refractivity contribution in [2.24, 2.45) is 0 Å². The van der Waals surface area contributed by atoms with Crippen molar-refractivity contribution in [3.05, 3.63) is 27.1 Å². The average Bonchev–Trinajstić information content (AvgIpc) is 2.96. The van der Waals surface area contributed by atoms with E-state index in [-0.39, 0.29) is 17.5 Å². The zero-order valence-corrected chi connectivity index (χ0v) is 10.5. The summed E-state index contributed by atoms with van der Waals surface area (Å²) < 4.78 is 6.86. The van der Waals surface area contributed by atoms with Gasteiger partial charge in [0.15, 0.2) is 0 Å². The van der Waals surface area contributed by atoms with Gasteiger partial charge in [-0.2, -0.15) is 9.61 Å². The third-order valence-electron chi connectivity index (χ3n) is 2.66. The van der Waals surface area contributed by atoms with Gasteiger partial charge in [-0.1, -0.05) is 11.3 Å². The Morgan fingerprint density at radius 3 is 3.24 bits per heavy atom. The largest absolute Gasteiger partial charge is 0.371 e. The molecule has 0 spiro atoms. The summed E-state index contributed by atoms with van der Waals surface area (Å²) in [5.41, 5.74) is 0.394. The summed E-state index contributed by atoms with van der Waals surface area (Å²) >= 11 is 7.08. The van der Waals surface area contributed by atoms with Crippen LogP contribution < -0.4 is 5.56 Å². The fraction of sp³-hybridized carbons (Fsp3) is 0.500. The molecule has 1 saturated heterocycles. The van der Waals surface area contributed by atoms with Crippen LogP contribution in [0.4, 0.5) is 0 Å². The minimum Gasteiger partial charge on any atom is -0.371 e. The van der Waals surface area contributed by atoms with Crippen molar-refractivity contribution >= 4 is 27.9 Å². The number of halogens is 1. The van der Waals surface area contributed by atoms with Gasteiger partial charge in [-0.3, -0.25) is 4.79 Å². The van der Waals surface area contributed by atoms with Gasteiger partial charge in [0.2, 0.25) is 4.96 Å². The number of hydrogen-bond acceptors (Lipinski definition) is 5. The quantitative estimate of drug-likeness (QED) is 0.781. The van der Waals surface area contributed by atoms with Crippen LogP contribution in [0.2, 0.25) is 0 Å². The highest BCUT2D eigenvalue weighted by Crippen LogP contribution is 2.30. The third-order valence-corrected chi connectivity index (χ3v) is 3.93. The third kappa shape index (κ3) is 1.96. The lowest BCUT2D eigenvalue weighted by Gasteiger charge is -2.01. The first-order valence-corrected chi connectivity index (χ1v) is 6.70. The van der Waals surface area contributed by atoms with Crippen molar-refractivity contribution in [3.63, 3.8) is 0 Å². The zero-order chi connectivity index (χ0) is 11.8. The molecule has 90 valence electrons. The fourth-order valence-electron chi connectivity index (χ4n) is 1.84. The molecule has 0 aromatic carbocycles. The van der Waals surface area contributed by atoms with Gasteiger partial charge in [-0.25, -0.2) is 4.98 Å². The Bertz CT molecular complexity index is 603. The molecule has 2 aromatic heterocycles. The molecule has 17 heavy (non-hydrogen) atoms. The van der Waals surface area contributed by atoms with Crippen LogP contribution in [0.15, 0.2) is 10.9 Å². The SMILES string of the molecule is O=c1cc(CCl)nc2sc(C3CCCO3)nn12. The van der Waals surface area contributed by atoms with Crippen LogP contribution in [0.1, 0.15) is 29.6 Å². The van der Waals surface area contributed by atoms with Crippen LogP contribution in [-0.2, 0) is 10.6 Å². The first-order chi connectivity index (χ1) is 8.28. The highest BCUT2D eigenvalue weighted by atomic mass is 35.5. The first kappa shape index (κ1) is 11.1.